The third-order valence-electron chi connectivity index (χ3n) is 7.66. The summed E-state index contributed by atoms with van der Waals surface area (Å²) in [6.07, 6.45) is -8.71. The predicted molar refractivity (Wildman–Crippen MR) is 178 cm³/mol. The molecular formula is C36H27F6N4O4P. The van der Waals surface area contributed by atoms with Crippen molar-refractivity contribution in [3.63, 3.8) is 0 Å². The number of phosphoric ester groups is 1. The molecule has 6 aromatic rings. The first-order valence-electron chi connectivity index (χ1n) is 15.3. The number of benzene rings is 4. The lowest BCUT2D eigenvalue weighted by atomic mass is 10.0. The minimum absolute atomic E-state index is 0.0434. The molecule has 2 aromatic heterocycles. The van der Waals surface area contributed by atoms with E-state index in [1.54, 1.807) is 30.3 Å². The largest absolute Gasteiger partial charge is 0.473 e. The van der Waals surface area contributed by atoms with Crippen molar-refractivity contribution in [1.82, 2.24) is 15.0 Å². The number of anilines is 2. The molecule has 0 bridgehead atoms. The fourth-order valence-electron chi connectivity index (χ4n) is 5.27. The summed E-state index contributed by atoms with van der Waals surface area (Å²) in [7, 11) is -4.80. The molecule has 0 fully saturated rings. The zero-order chi connectivity index (χ0) is 36.2. The number of hydrogen-bond donors (Lipinski definition) is 2. The number of halogens is 6. The zero-order valence-electron chi connectivity index (χ0n) is 26.3. The molecule has 0 aliphatic heterocycles. The monoisotopic (exact) mass is 724 g/mol. The topological polar surface area (TPSA) is 106 Å². The molecule has 0 saturated heterocycles. The molecule has 2 atom stereocenters. The zero-order valence-corrected chi connectivity index (χ0v) is 27.2. The number of fused-ring (bicyclic) bond motifs is 1. The van der Waals surface area contributed by atoms with Gasteiger partial charge in [-0.1, -0.05) is 66.7 Å². The summed E-state index contributed by atoms with van der Waals surface area (Å²) in [5.41, 5.74) is -0.421. The number of alkyl halides is 6. The molecule has 0 spiro atoms. The molecule has 0 aliphatic rings. The Balaban J connectivity index is 1.33. The van der Waals surface area contributed by atoms with Crippen LogP contribution in [0.2, 0.25) is 0 Å². The third kappa shape index (κ3) is 8.97. The van der Waals surface area contributed by atoms with E-state index in [4.69, 9.17) is 9.05 Å². The Bertz CT molecular complexity index is 2170. The highest BCUT2D eigenvalue weighted by molar-refractivity contribution is 7.47. The van der Waals surface area contributed by atoms with Crippen molar-refractivity contribution >= 4 is 30.2 Å². The van der Waals surface area contributed by atoms with Gasteiger partial charge in [-0.2, -0.15) is 26.3 Å². The van der Waals surface area contributed by atoms with Crippen LogP contribution in [0.3, 0.4) is 0 Å². The summed E-state index contributed by atoms with van der Waals surface area (Å²) in [6, 6.07) is 28.2. The first kappa shape index (κ1) is 35.7. The SMILES string of the molecule is O=P(O)(OCc1nc(Nc2ccc(C(F)(F)F)cc2)c2ccc(-c3ncccc3C(F)(F)F)cc2n1)OC(Cc1ccccc1)c1ccccc1. The van der Waals surface area contributed by atoms with E-state index < -0.39 is 44.0 Å². The van der Waals surface area contributed by atoms with Crippen molar-refractivity contribution in [1.29, 1.82) is 0 Å². The lowest BCUT2D eigenvalue weighted by Gasteiger charge is -2.21. The Labute approximate surface area is 287 Å². The minimum atomic E-state index is -4.80. The molecule has 4 aromatic carbocycles. The van der Waals surface area contributed by atoms with E-state index in [0.29, 0.717) is 5.56 Å². The number of pyridine rings is 1. The summed E-state index contributed by atoms with van der Waals surface area (Å²) >= 11 is 0. The highest BCUT2D eigenvalue weighted by atomic mass is 31.2. The summed E-state index contributed by atoms with van der Waals surface area (Å²) in [5, 5.41) is 3.19. The molecule has 2 unspecified atom stereocenters. The molecule has 6 rings (SSSR count). The molecular weight excluding hydrogens is 697 g/mol. The molecule has 0 aliphatic carbocycles. The van der Waals surface area contributed by atoms with Crippen molar-refractivity contribution in [2.24, 2.45) is 0 Å². The van der Waals surface area contributed by atoms with Gasteiger partial charge in [-0.3, -0.25) is 14.0 Å². The van der Waals surface area contributed by atoms with E-state index in [9.17, 15) is 35.8 Å². The van der Waals surface area contributed by atoms with Crippen molar-refractivity contribution in [2.45, 2.75) is 31.5 Å². The van der Waals surface area contributed by atoms with E-state index in [1.165, 1.54) is 36.5 Å². The van der Waals surface area contributed by atoms with Crippen LogP contribution in [0.5, 0.6) is 0 Å². The number of rotatable bonds is 11. The average Bonchev–Trinajstić information content (AvgIpc) is 3.10. The number of nitrogens with one attached hydrogen (secondary N) is 1. The van der Waals surface area contributed by atoms with E-state index in [2.05, 4.69) is 20.3 Å². The molecule has 2 heterocycles. The Hall–Kier alpha value is -5.14. The van der Waals surface area contributed by atoms with E-state index in [0.717, 1.165) is 29.8 Å². The van der Waals surface area contributed by atoms with Gasteiger partial charge < -0.3 is 10.2 Å². The third-order valence-corrected chi connectivity index (χ3v) is 8.63. The van der Waals surface area contributed by atoms with Gasteiger partial charge in [-0.05, 0) is 59.7 Å². The maximum Gasteiger partial charge on any atom is 0.473 e. The molecule has 0 amide bonds. The Morgan fingerprint density at radius 1 is 0.784 bits per heavy atom. The Morgan fingerprint density at radius 3 is 2.14 bits per heavy atom. The van der Waals surface area contributed by atoms with Crippen LogP contribution in [0.15, 0.2) is 121 Å². The van der Waals surface area contributed by atoms with Gasteiger partial charge in [0, 0.05) is 29.3 Å². The second-order valence-corrected chi connectivity index (χ2v) is 12.7. The maximum atomic E-state index is 13.8. The minimum Gasteiger partial charge on any atom is -0.340 e. The van der Waals surface area contributed by atoms with Gasteiger partial charge in [0.2, 0.25) is 0 Å². The highest BCUT2D eigenvalue weighted by Gasteiger charge is 2.35. The van der Waals surface area contributed by atoms with E-state index >= 15 is 0 Å². The van der Waals surface area contributed by atoms with Crippen LogP contribution in [-0.4, -0.2) is 19.8 Å². The van der Waals surface area contributed by atoms with Crippen LogP contribution in [0, 0.1) is 0 Å². The lowest BCUT2D eigenvalue weighted by molar-refractivity contribution is -0.138. The molecule has 8 nitrogen and oxygen atoms in total. The second kappa shape index (κ2) is 14.6. The van der Waals surface area contributed by atoms with Crippen molar-refractivity contribution < 1.29 is 44.8 Å². The van der Waals surface area contributed by atoms with Crippen molar-refractivity contribution in [2.75, 3.05) is 5.32 Å². The Morgan fingerprint density at radius 2 is 1.47 bits per heavy atom. The molecule has 15 heteroatoms. The Kier molecular flexibility index (Phi) is 10.2. The average molecular weight is 725 g/mol. The van der Waals surface area contributed by atoms with Gasteiger partial charge in [-0.25, -0.2) is 14.5 Å². The van der Waals surface area contributed by atoms with Crippen LogP contribution < -0.4 is 5.32 Å². The number of hydrogen-bond acceptors (Lipinski definition) is 7. The van der Waals surface area contributed by atoms with Gasteiger partial charge >= 0.3 is 20.2 Å². The van der Waals surface area contributed by atoms with Crippen molar-refractivity contribution in [3.05, 3.63) is 150 Å². The van der Waals surface area contributed by atoms with Crippen LogP contribution >= 0.6 is 7.82 Å². The summed E-state index contributed by atoms with van der Waals surface area (Å²) in [4.78, 5) is 23.5. The van der Waals surface area contributed by atoms with Crippen molar-refractivity contribution in [3.8, 4) is 11.3 Å². The van der Waals surface area contributed by atoms with Gasteiger partial charge in [0.25, 0.3) is 0 Å². The molecule has 0 radical (unpaired) electrons. The van der Waals surface area contributed by atoms with Gasteiger partial charge in [-0.15, -0.1) is 0 Å². The number of phosphoric acid groups is 1. The fourth-order valence-corrected chi connectivity index (χ4v) is 6.13. The van der Waals surface area contributed by atoms with E-state index in [-0.39, 0.29) is 45.9 Å². The van der Waals surface area contributed by atoms with Crippen LogP contribution in [0.4, 0.5) is 37.8 Å². The second-order valence-electron chi connectivity index (χ2n) is 11.3. The number of aromatic nitrogens is 3. The van der Waals surface area contributed by atoms with Gasteiger partial charge in [0.1, 0.15) is 12.4 Å². The first-order chi connectivity index (χ1) is 24.2. The predicted octanol–water partition coefficient (Wildman–Crippen LogP) is 10.1. The van der Waals surface area contributed by atoms with Gasteiger partial charge in [0.15, 0.2) is 5.82 Å². The van der Waals surface area contributed by atoms with Crippen LogP contribution in [0.1, 0.15) is 34.2 Å². The fraction of sp³-hybridized carbons (Fsp3) is 0.139. The standard InChI is InChI=1S/C36H27F6N4O4P/c37-35(38,39)26-14-16-27(17-15-26)44-34-28-18-13-25(33-29(36(40,41)42)12-7-19-43-33)21-30(28)45-32(46-34)22-49-51(47,48)50-31(24-10-5-2-6-11-24)20-23-8-3-1-4-9-23/h1-19,21,31H,20,22H2,(H,47,48)(H,44,45,46). The summed E-state index contributed by atoms with van der Waals surface area (Å²) in [5.74, 6) is -0.134. The number of nitrogens with zero attached hydrogens (tertiary/aromatic N) is 3. The molecule has 51 heavy (non-hydrogen) atoms. The highest BCUT2D eigenvalue weighted by Crippen LogP contribution is 2.49. The lowest BCUT2D eigenvalue weighted by Crippen LogP contribution is -2.09. The quantitative estimate of drug-likeness (QED) is 0.101. The smallest absolute Gasteiger partial charge is 0.340 e. The normalized spacial score (nSPS) is 13.9. The molecule has 0 saturated carbocycles. The summed E-state index contributed by atoms with van der Waals surface area (Å²) < 4.78 is 105. The van der Waals surface area contributed by atoms with E-state index in [1.807, 2.05) is 30.3 Å². The molecule has 262 valence electrons. The maximum absolute atomic E-state index is 13.8. The van der Waals surface area contributed by atoms with Crippen LogP contribution in [-0.2, 0) is 39.0 Å². The first-order valence-corrected chi connectivity index (χ1v) is 16.8. The van der Waals surface area contributed by atoms with Gasteiger partial charge in [0.05, 0.1) is 28.4 Å². The molecule has 2 N–H and O–H groups in total. The summed E-state index contributed by atoms with van der Waals surface area (Å²) in [6.45, 7) is -0.681. The van der Waals surface area contributed by atoms with Crippen LogP contribution in [0.25, 0.3) is 22.2 Å².